The van der Waals surface area contributed by atoms with Crippen LogP contribution in [0.3, 0.4) is 0 Å². The van der Waals surface area contributed by atoms with E-state index in [1.54, 1.807) is 24.3 Å². The van der Waals surface area contributed by atoms with E-state index in [0.717, 1.165) is 55.6 Å². The molecule has 5 N–H and O–H groups in total. The Morgan fingerprint density at radius 1 is 0.942 bits per heavy atom. The monoisotopic (exact) mass is 706 g/mol. The molecule has 1 amide bonds. The third-order valence-electron chi connectivity index (χ3n) is 10.1. The molecule has 10 nitrogen and oxygen atoms in total. The van der Waals surface area contributed by atoms with Gasteiger partial charge < -0.3 is 35.3 Å². The maximum absolute atomic E-state index is 14.3. The highest BCUT2D eigenvalue weighted by Gasteiger charge is 2.37. The van der Waals surface area contributed by atoms with Crippen molar-refractivity contribution >= 4 is 17.0 Å². The number of H-pyrrole nitrogens is 1. The van der Waals surface area contributed by atoms with Crippen molar-refractivity contribution in [1.82, 2.24) is 20.5 Å². The van der Waals surface area contributed by atoms with Crippen LogP contribution in [0.5, 0.6) is 11.5 Å². The molecule has 3 aliphatic heterocycles. The molecule has 1 aromatic heterocycles. The Kier molecular flexibility index (Phi) is 10.8. The lowest BCUT2D eigenvalue weighted by Crippen LogP contribution is -2.52. The first kappa shape index (κ1) is 35.2. The van der Waals surface area contributed by atoms with Crippen molar-refractivity contribution in [2.24, 2.45) is 5.92 Å². The van der Waals surface area contributed by atoms with Gasteiger partial charge in [0.25, 0.3) is 0 Å². The quantitative estimate of drug-likeness (QED) is 0.0981. The fraction of sp³-hybridized carbons (Fsp3) is 0.317. The first-order chi connectivity index (χ1) is 25.3. The number of benzene rings is 4. The number of aliphatic hydroxyl groups excluding tert-OH is 1. The summed E-state index contributed by atoms with van der Waals surface area (Å²) in [5.41, 5.74) is 4.01. The van der Waals surface area contributed by atoms with Crippen molar-refractivity contribution in [1.29, 1.82) is 0 Å². The van der Waals surface area contributed by atoms with Crippen molar-refractivity contribution in [3.8, 4) is 11.5 Å². The summed E-state index contributed by atoms with van der Waals surface area (Å²) in [6.45, 7) is 4.07. The van der Waals surface area contributed by atoms with Gasteiger partial charge in [-0.15, -0.1) is 0 Å². The van der Waals surface area contributed by atoms with Crippen LogP contribution in [0, 0.1) is 11.7 Å². The van der Waals surface area contributed by atoms with Crippen LogP contribution >= 0.6 is 0 Å². The molecule has 270 valence electrons. The Morgan fingerprint density at radius 2 is 1.71 bits per heavy atom. The minimum atomic E-state index is -0.837. The molecule has 0 spiro atoms. The molecule has 8 rings (SSSR count). The zero-order valence-corrected chi connectivity index (χ0v) is 28.8. The highest BCUT2D eigenvalue weighted by molar-refractivity contribution is 5.87. The average Bonchev–Trinajstić information content (AvgIpc) is 3.16. The number of halogens is 1. The number of rotatable bonds is 13. The van der Waals surface area contributed by atoms with Crippen LogP contribution < -0.4 is 20.9 Å². The second-order valence-corrected chi connectivity index (χ2v) is 13.7. The fourth-order valence-corrected chi connectivity index (χ4v) is 7.34. The number of ether oxygens (including phenoxy) is 2. The van der Waals surface area contributed by atoms with Gasteiger partial charge in [-0.3, -0.25) is 9.69 Å². The highest BCUT2D eigenvalue weighted by Crippen LogP contribution is 2.31. The number of piperidine rings is 3. The molecule has 2 bridgehead atoms. The molecule has 0 aliphatic carbocycles. The summed E-state index contributed by atoms with van der Waals surface area (Å²) < 4.78 is 26.5. The van der Waals surface area contributed by atoms with E-state index in [1.165, 1.54) is 24.3 Å². The number of nitrogens with zero attached hydrogens (tertiary/aromatic N) is 1. The van der Waals surface area contributed by atoms with Crippen LogP contribution in [0.4, 0.5) is 9.18 Å². The smallest absolute Gasteiger partial charge is 0.408 e. The van der Waals surface area contributed by atoms with Gasteiger partial charge in [-0.2, -0.15) is 0 Å². The Morgan fingerprint density at radius 3 is 2.50 bits per heavy atom. The zero-order chi connectivity index (χ0) is 36.0. The van der Waals surface area contributed by atoms with Crippen molar-refractivity contribution in [2.45, 2.75) is 44.1 Å². The van der Waals surface area contributed by atoms with Gasteiger partial charge in [0.1, 0.15) is 30.0 Å². The summed E-state index contributed by atoms with van der Waals surface area (Å²) in [6, 6.07) is 27.2. The molecule has 5 aromatic rings. The van der Waals surface area contributed by atoms with Crippen LogP contribution in [-0.2, 0) is 17.8 Å². The van der Waals surface area contributed by atoms with Crippen molar-refractivity contribution in [3.63, 3.8) is 0 Å². The Hall–Kier alpha value is -5.23. The van der Waals surface area contributed by atoms with Gasteiger partial charge >= 0.3 is 6.09 Å². The van der Waals surface area contributed by atoms with Crippen molar-refractivity contribution in [3.05, 3.63) is 141 Å². The van der Waals surface area contributed by atoms with Crippen LogP contribution in [0.2, 0.25) is 0 Å². The van der Waals surface area contributed by atoms with Crippen LogP contribution in [0.25, 0.3) is 10.9 Å². The van der Waals surface area contributed by atoms with Gasteiger partial charge in [0, 0.05) is 24.5 Å². The lowest BCUT2D eigenvalue weighted by Gasteiger charge is -2.43. The Labute approximate surface area is 301 Å². The third kappa shape index (κ3) is 8.45. The third-order valence-corrected chi connectivity index (χ3v) is 10.1. The summed E-state index contributed by atoms with van der Waals surface area (Å²) in [5, 5.41) is 27.9. The van der Waals surface area contributed by atoms with E-state index in [4.69, 9.17) is 9.47 Å². The fourth-order valence-electron chi connectivity index (χ4n) is 7.34. The number of fused-ring (bicyclic) bond motifs is 4. The van der Waals surface area contributed by atoms with E-state index in [2.05, 4.69) is 26.6 Å². The summed E-state index contributed by atoms with van der Waals surface area (Å²) >= 11 is 0. The van der Waals surface area contributed by atoms with E-state index < -0.39 is 24.1 Å². The van der Waals surface area contributed by atoms with Gasteiger partial charge in [0.2, 0.25) is 5.56 Å². The lowest BCUT2D eigenvalue weighted by molar-refractivity contribution is -0.0336. The second kappa shape index (κ2) is 16.0. The predicted molar refractivity (Wildman–Crippen MR) is 196 cm³/mol. The molecule has 3 saturated heterocycles. The number of phenolic OH excluding ortho intramolecular Hbond substituents is 1. The average molecular weight is 707 g/mol. The number of aliphatic hydroxyl groups is 1. The number of aromatic nitrogens is 1. The number of phenols is 1. The van der Waals surface area contributed by atoms with Crippen molar-refractivity contribution < 1.29 is 28.9 Å². The molecular weight excluding hydrogens is 663 g/mol. The molecule has 3 fully saturated rings. The predicted octanol–water partition coefficient (Wildman–Crippen LogP) is 5.73. The number of carbonyl (C=O) groups is 1. The summed E-state index contributed by atoms with van der Waals surface area (Å²) in [4.78, 5) is 29.9. The minimum Gasteiger partial charge on any atom is -0.506 e. The van der Waals surface area contributed by atoms with E-state index in [1.807, 2.05) is 42.5 Å². The molecule has 1 unspecified atom stereocenters. The molecular formula is C41H43FN4O6. The van der Waals surface area contributed by atoms with E-state index >= 15 is 0 Å². The number of hydrogen-bond acceptors (Lipinski definition) is 8. The summed E-state index contributed by atoms with van der Waals surface area (Å²) in [7, 11) is 0. The minimum absolute atomic E-state index is 0.0464. The zero-order valence-electron chi connectivity index (χ0n) is 28.8. The normalized spacial score (nSPS) is 19.2. The number of carbonyl (C=O) groups excluding carboxylic acids is 1. The van der Waals surface area contributed by atoms with Gasteiger partial charge in [-0.25, -0.2) is 9.18 Å². The number of alkyl carbamates (subject to hydrolysis) is 1. The molecule has 4 aromatic carbocycles. The summed E-state index contributed by atoms with van der Waals surface area (Å²) in [6.07, 6.45) is 1.27. The van der Waals surface area contributed by atoms with Crippen LogP contribution in [-0.4, -0.2) is 65.0 Å². The number of amides is 1. The Bertz CT molecular complexity index is 2080. The van der Waals surface area contributed by atoms with Gasteiger partial charge in [0.05, 0.1) is 17.7 Å². The van der Waals surface area contributed by atoms with Gasteiger partial charge in [-0.1, -0.05) is 54.6 Å². The molecule has 0 saturated carbocycles. The molecule has 3 aliphatic rings. The van der Waals surface area contributed by atoms with Crippen molar-refractivity contribution in [2.75, 3.05) is 32.7 Å². The molecule has 52 heavy (non-hydrogen) atoms. The number of aromatic amines is 1. The van der Waals surface area contributed by atoms with Gasteiger partial charge in [-0.05, 0) is 109 Å². The number of pyridine rings is 1. The number of aromatic hydroxyl groups is 1. The maximum Gasteiger partial charge on any atom is 0.408 e. The van der Waals surface area contributed by atoms with Gasteiger partial charge in [0.15, 0.2) is 0 Å². The SMILES string of the molecule is O=C(NC(c1cccc(F)c1)c1cccc(OCc2cccc(CCNC[C@H](O)c3ccc(O)c4[nH]c(=O)ccc34)c2)c1)O[C@H]1CN2CCC1CC2. The standard InChI is InChI=1S/C41H43FN4O6/c42-31-8-2-6-29(21-31)39(45-41(50)52-37-24-46-18-15-28(37)16-19-46)30-7-3-9-32(22-30)51-25-27-5-1-4-26(20-27)14-17-43-23-36(48)33-10-12-35(47)40-34(33)11-13-38(49)44-40/h1-13,20-22,28,36-37,39,43,47-48H,14-19,23-25H2,(H,44,49)(H,45,50)/t36-,37-,39?/m0/s1. The highest BCUT2D eigenvalue weighted by atomic mass is 19.1. The maximum atomic E-state index is 14.3. The number of hydrogen-bond donors (Lipinski definition) is 5. The van der Waals surface area contributed by atoms with Crippen LogP contribution in [0.15, 0.2) is 102 Å². The summed E-state index contributed by atoms with van der Waals surface area (Å²) in [5.74, 6) is 0.543. The Balaban J connectivity index is 0.950. The molecule has 3 atom stereocenters. The number of nitrogens with one attached hydrogen (secondary N) is 3. The first-order valence-electron chi connectivity index (χ1n) is 17.8. The van der Waals surface area contributed by atoms with E-state index in [9.17, 15) is 24.2 Å². The lowest BCUT2D eigenvalue weighted by atomic mass is 9.86. The largest absolute Gasteiger partial charge is 0.506 e. The second-order valence-electron chi connectivity index (χ2n) is 13.7. The van der Waals surface area contributed by atoms with Crippen LogP contribution in [0.1, 0.15) is 52.8 Å². The first-order valence-corrected chi connectivity index (χ1v) is 17.8. The topological polar surface area (TPSA) is 136 Å². The molecule has 0 radical (unpaired) electrons. The molecule has 11 heteroatoms. The molecule has 4 heterocycles. The van der Waals surface area contributed by atoms with E-state index in [-0.39, 0.29) is 17.4 Å². The van der Waals surface area contributed by atoms with E-state index in [0.29, 0.717) is 53.4 Å².